The maximum atomic E-state index is 13.1. The van der Waals surface area contributed by atoms with E-state index in [1.165, 1.54) is 0 Å². The predicted molar refractivity (Wildman–Crippen MR) is 146 cm³/mol. The van der Waals surface area contributed by atoms with Crippen molar-refractivity contribution < 1.29 is 9.84 Å². The van der Waals surface area contributed by atoms with Gasteiger partial charge in [-0.25, -0.2) is 4.98 Å². The molecule has 1 aliphatic rings. The summed E-state index contributed by atoms with van der Waals surface area (Å²) in [7, 11) is 1.74. The van der Waals surface area contributed by atoms with Crippen molar-refractivity contribution >= 4 is 44.9 Å². The Morgan fingerprint density at radius 2 is 1.84 bits per heavy atom. The molecule has 1 fully saturated rings. The second-order valence-electron chi connectivity index (χ2n) is 9.88. The molecule has 0 saturated carbocycles. The molecule has 4 heterocycles. The van der Waals surface area contributed by atoms with Crippen molar-refractivity contribution in [3.8, 4) is 5.75 Å². The summed E-state index contributed by atoms with van der Waals surface area (Å²) < 4.78 is 9.65. The average Bonchev–Trinajstić information content (AvgIpc) is 3.28. The predicted octanol–water partition coefficient (Wildman–Crippen LogP) is 4.23. The van der Waals surface area contributed by atoms with Gasteiger partial charge in [-0.15, -0.1) is 0 Å². The number of aliphatic hydroxyl groups is 1. The van der Waals surface area contributed by atoms with Crippen LogP contribution in [0, 0.1) is 0 Å². The first kappa shape index (κ1) is 23.3. The molecule has 0 atom stereocenters. The number of aryl methyl sites for hydroxylation is 1. The fourth-order valence-corrected chi connectivity index (χ4v) is 5.06. The van der Waals surface area contributed by atoms with E-state index in [0.29, 0.717) is 28.4 Å². The van der Waals surface area contributed by atoms with Crippen molar-refractivity contribution in [3.63, 3.8) is 0 Å². The summed E-state index contributed by atoms with van der Waals surface area (Å²) in [6.07, 6.45) is 2.96. The number of benzene rings is 2. The van der Waals surface area contributed by atoms with Crippen LogP contribution in [0.4, 0.5) is 17.3 Å². The standard InChI is InChI=1S/C28H30N6O3/c1-17(2)37-25-15-19(33-12-10-20(35)11-13-33)8-9-21(25)30-28-29-16-24-26(31-28)34-22-7-5-4-6-18(22)14-23(34)27(36)32(24)3/h4-9,14-17,20,35H,10-13H2,1-3H3,(H,29,30,31). The van der Waals surface area contributed by atoms with Crippen LogP contribution in [0.1, 0.15) is 26.7 Å². The number of anilines is 3. The molecule has 0 unspecified atom stereocenters. The number of hydrogen-bond acceptors (Lipinski definition) is 7. The first-order valence-electron chi connectivity index (χ1n) is 12.7. The minimum atomic E-state index is -0.225. The Hall–Kier alpha value is -4.11. The number of hydrogen-bond donors (Lipinski definition) is 2. The van der Waals surface area contributed by atoms with Crippen molar-refractivity contribution in [2.24, 2.45) is 7.05 Å². The average molecular weight is 499 g/mol. The van der Waals surface area contributed by atoms with Gasteiger partial charge in [0.2, 0.25) is 5.95 Å². The quantitative estimate of drug-likeness (QED) is 0.374. The van der Waals surface area contributed by atoms with Crippen molar-refractivity contribution in [2.45, 2.75) is 38.9 Å². The summed E-state index contributed by atoms with van der Waals surface area (Å²) >= 11 is 0. The maximum absolute atomic E-state index is 13.1. The van der Waals surface area contributed by atoms with Gasteiger partial charge in [0.05, 0.1) is 29.6 Å². The van der Waals surface area contributed by atoms with E-state index in [1.807, 2.05) is 60.7 Å². The molecule has 9 nitrogen and oxygen atoms in total. The lowest BCUT2D eigenvalue weighted by Crippen LogP contribution is -2.35. The minimum absolute atomic E-state index is 0.0168. The van der Waals surface area contributed by atoms with Gasteiger partial charge in [-0.05, 0) is 51.0 Å². The van der Waals surface area contributed by atoms with Crippen LogP contribution in [0.5, 0.6) is 5.75 Å². The molecular weight excluding hydrogens is 468 g/mol. The van der Waals surface area contributed by atoms with Gasteiger partial charge in [-0.3, -0.25) is 9.20 Å². The molecule has 2 N–H and O–H groups in total. The number of nitrogens with one attached hydrogen (secondary N) is 1. The van der Waals surface area contributed by atoms with Crippen LogP contribution in [-0.2, 0) is 7.05 Å². The fraction of sp³-hybridized carbons (Fsp3) is 0.321. The van der Waals surface area contributed by atoms with Gasteiger partial charge in [0.25, 0.3) is 5.56 Å². The Morgan fingerprint density at radius 1 is 1.05 bits per heavy atom. The molecule has 9 heteroatoms. The zero-order valence-corrected chi connectivity index (χ0v) is 21.2. The van der Waals surface area contributed by atoms with Crippen LogP contribution >= 0.6 is 0 Å². The molecule has 0 bridgehead atoms. The molecule has 3 aromatic heterocycles. The Kier molecular flexibility index (Phi) is 5.72. The van der Waals surface area contributed by atoms with Crippen LogP contribution in [-0.4, -0.2) is 49.3 Å². The summed E-state index contributed by atoms with van der Waals surface area (Å²) in [6.45, 7) is 5.61. The van der Waals surface area contributed by atoms with Crippen molar-refractivity contribution in [1.82, 2.24) is 18.9 Å². The lowest BCUT2D eigenvalue weighted by Gasteiger charge is -2.32. The minimum Gasteiger partial charge on any atom is -0.489 e. The van der Waals surface area contributed by atoms with Gasteiger partial charge >= 0.3 is 0 Å². The van der Waals surface area contributed by atoms with Gasteiger partial charge in [0, 0.05) is 37.3 Å². The van der Waals surface area contributed by atoms with Crippen LogP contribution in [0.2, 0.25) is 0 Å². The molecule has 37 heavy (non-hydrogen) atoms. The van der Waals surface area contributed by atoms with E-state index in [1.54, 1.807) is 17.8 Å². The zero-order chi connectivity index (χ0) is 25.7. The van der Waals surface area contributed by atoms with Crippen LogP contribution in [0.3, 0.4) is 0 Å². The number of aliphatic hydroxyl groups excluding tert-OH is 1. The lowest BCUT2D eigenvalue weighted by molar-refractivity contribution is 0.145. The van der Waals surface area contributed by atoms with Crippen molar-refractivity contribution in [3.05, 3.63) is 65.1 Å². The van der Waals surface area contributed by atoms with E-state index >= 15 is 0 Å². The SMILES string of the molecule is CC(C)Oc1cc(N2CCC(O)CC2)ccc1Nc1ncc2c(n1)n1c(cc3ccccc31)c(=O)n2C. The van der Waals surface area contributed by atoms with Crippen LogP contribution in [0.25, 0.3) is 27.6 Å². The van der Waals surface area contributed by atoms with Crippen LogP contribution in [0.15, 0.2) is 59.5 Å². The highest BCUT2D eigenvalue weighted by Crippen LogP contribution is 2.34. The Labute approximate surface area is 213 Å². The number of nitrogens with zero attached hydrogens (tertiary/aromatic N) is 5. The Morgan fingerprint density at radius 3 is 2.62 bits per heavy atom. The molecule has 0 aliphatic carbocycles. The van der Waals surface area contributed by atoms with E-state index < -0.39 is 0 Å². The number of piperidine rings is 1. The molecule has 2 aromatic carbocycles. The molecular formula is C28H30N6O3. The van der Waals surface area contributed by atoms with Gasteiger partial charge in [-0.2, -0.15) is 4.98 Å². The fourth-order valence-electron chi connectivity index (χ4n) is 5.06. The van der Waals surface area contributed by atoms with E-state index in [9.17, 15) is 9.90 Å². The Balaban J connectivity index is 1.43. The first-order valence-corrected chi connectivity index (χ1v) is 12.7. The van der Waals surface area contributed by atoms with Gasteiger partial charge in [0.15, 0.2) is 5.65 Å². The van der Waals surface area contributed by atoms with Gasteiger partial charge < -0.3 is 24.6 Å². The molecule has 1 aliphatic heterocycles. The largest absolute Gasteiger partial charge is 0.489 e. The van der Waals surface area contributed by atoms with E-state index in [-0.39, 0.29) is 17.8 Å². The maximum Gasteiger partial charge on any atom is 0.275 e. The lowest BCUT2D eigenvalue weighted by atomic mass is 10.1. The third-order valence-corrected chi connectivity index (χ3v) is 6.96. The Bertz CT molecular complexity index is 1680. The molecule has 0 spiro atoms. The summed E-state index contributed by atoms with van der Waals surface area (Å²) in [5, 5.41) is 14.2. The smallest absolute Gasteiger partial charge is 0.275 e. The van der Waals surface area contributed by atoms with Crippen molar-refractivity contribution in [1.29, 1.82) is 0 Å². The number of fused-ring (bicyclic) bond motifs is 5. The number of para-hydroxylation sites is 1. The van der Waals surface area contributed by atoms with Gasteiger partial charge in [0.1, 0.15) is 16.8 Å². The second-order valence-corrected chi connectivity index (χ2v) is 9.88. The first-order chi connectivity index (χ1) is 17.9. The summed E-state index contributed by atoms with van der Waals surface area (Å²) in [6, 6.07) is 15.9. The highest BCUT2D eigenvalue weighted by molar-refractivity contribution is 5.92. The molecule has 0 radical (unpaired) electrons. The summed E-state index contributed by atoms with van der Waals surface area (Å²) in [5.74, 6) is 1.12. The second kappa shape index (κ2) is 9.08. The van der Waals surface area contributed by atoms with Gasteiger partial charge in [-0.1, -0.05) is 18.2 Å². The van der Waals surface area contributed by atoms with E-state index in [0.717, 1.165) is 48.2 Å². The number of rotatable bonds is 5. The highest BCUT2D eigenvalue weighted by Gasteiger charge is 2.20. The number of aromatic nitrogens is 4. The topological polar surface area (TPSA) is 96.9 Å². The molecule has 1 saturated heterocycles. The summed E-state index contributed by atoms with van der Waals surface area (Å²) in [4.78, 5) is 24.7. The third-order valence-electron chi connectivity index (χ3n) is 6.96. The number of ether oxygens (including phenoxy) is 1. The van der Waals surface area contributed by atoms with Crippen molar-refractivity contribution in [2.75, 3.05) is 23.3 Å². The molecule has 0 amide bonds. The normalized spacial score (nSPS) is 14.8. The summed E-state index contributed by atoms with van der Waals surface area (Å²) in [5.41, 5.74) is 4.50. The highest BCUT2D eigenvalue weighted by atomic mass is 16.5. The van der Waals surface area contributed by atoms with E-state index in [2.05, 4.69) is 21.3 Å². The third kappa shape index (κ3) is 4.15. The zero-order valence-electron chi connectivity index (χ0n) is 21.2. The van der Waals surface area contributed by atoms with E-state index in [4.69, 9.17) is 9.72 Å². The van der Waals surface area contributed by atoms with Crippen LogP contribution < -0.4 is 20.5 Å². The molecule has 5 aromatic rings. The molecule has 6 rings (SSSR count). The monoisotopic (exact) mass is 498 g/mol. The molecule has 190 valence electrons.